The fraction of sp³-hybridized carbons (Fsp3) is 0.231. The molecule has 3 rings (SSSR count). The number of thiazole rings is 1. The van der Waals surface area contributed by atoms with Gasteiger partial charge in [0.05, 0.1) is 21.6 Å². The van der Waals surface area contributed by atoms with E-state index in [1.807, 2.05) is 5.38 Å². The second-order valence-corrected chi connectivity index (χ2v) is 7.45. The van der Waals surface area contributed by atoms with E-state index >= 15 is 0 Å². The third-order valence-electron chi connectivity index (χ3n) is 3.24. The number of sulfonamides is 1. The van der Waals surface area contributed by atoms with E-state index in [1.165, 1.54) is 23.5 Å². The SMILES string of the molecule is CNc1nc(CCNS(=O)(=O)c2ccc3[nH]c(=O)[nH]c3c2)cs1. The topological polar surface area (TPSA) is 120 Å². The Balaban J connectivity index is 1.70. The van der Waals surface area contributed by atoms with E-state index in [2.05, 4.69) is 25.0 Å². The van der Waals surface area contributed by atoms with Crippen LogP contribution in [0.5, 0.6) is 0 Å². The molecular weight excluding hydrogens is 338 g/mol. The van der Waals surface area contributed by atoms with Crippen molar-refractivity contribution in [1.82, 2.24) is 19.7 Å². The first-order chi connectivity index (χ1) is 11.0. The Kier molecular flexibility index (Phi) is 4.20. The Morgan fingerprint density at radius 2 is 2.04 bits per heavy atom. The van der Waals surface area contributed by atoms with E-state index in [0.717, 1.165) is 10.8 Å². The van der Waals surface area contributed by atoms with Gasteiger partial charge >= 0.3 is 5.69 Å². The number of anilines is 1. The number of imidazole rings is 1. The summed E-state index contributed by atoms with van der Waals surface area (Å²) in [6.07, 6.45) is 0.501. The zero-order valence-electron chi connectivity index (χ0n) is 12.2. The monoisotopic (exact) mass is 353 g/mol. The Morgan fingerprint density at radius 1 is 1.26 bits per heavy atom. The van der Waals surface area contributed by atoms with E-state index in [4.69, 9.17) is 0 Å². The normalized spacial score (nSPS) is 11.9. The predicted molar refractivity (Wildman–Crippen MR) is 89.5 cm³/mol. The number of fused-ring (bicyclic) bond motifs is 1. The quantitative estimate of drug-likeness (QED) is 0.524. The molecule has 0 bridgehead atoms. The fourth-order valence-electron chi connectivity index (χ4n) is 2.11. The summed E-state index contributed by atoms with van der Waals surface area (Å²) in [5.74, 6) is 0. The van der Waals surface area contributed by atoms with E-state index in [9.17, 15) is 13.2 Å². The summed E-state index contributed by atoms with van der Waals surface area (Å²) in [5.41, 5.74) is 1.48. The fourth-order valence-corrected chi connectivity index (χ4v) is 3.88. The number of benzene rings is 1. The summed E-state index contributed by atoms with van der Waals surface area (Å²) in [4.78, 5) is 20.7. The predicted octanol–water partition coefficient (Wildman–Crippen LogP) is 0.875. The number of hydrogen-bond acceptors (Lipinski definition) is 6. The van der Waals surface area contributed by atoms with Crippen LogP contribution in [0.1, 0.15) is 5.69 Å². The second-order valence-electron chi connectivity index (χ2n) is 4.83. The maximum atomic E-state index is 12.3. The number of nitrogens with zero attached hydrogens (tertiary/aromatic N) is 1. The lowest BCUT2D eigenvalue weighted by Crippen LogP contribution is -2.26. The number of rotatable bonds is 6. The van der Waals surface area contributed by atoms with Gasteiger partial charge in [-0.1, -0.05) is 0 Å². The summed E-state index contributed by atoms with van der Waals surface area (Å²) in [5, 5.41) is 5.62. The average Bonchev–Trinajstić information content (AvgIpc) is 3.11. The third kappa shape index (κ3) is 3.44. The highest BCUT2D eigenvalue weighted by atomic mass is 32.2. The Hall–Kier alpha value is -2.17. The second kappa shape index (κ2) is 6.14. The molecule has 23 heavy (non-hydrogen) atoms. The standard InChI is InChI=1S/C13H15N5O3S2/c1-14-13-16-8(7-22-13)4-5-15-23(20,21)9-2-3-10-11(6-9)18-12(19)17-10/h2-3,6-7,15H,4-5H2,1H3,(H,14,16)(H2,17,18,19). The molecule has 0 aliphatic heterocycles. The van der Waals surface area contributed by atoms with Gasteiger partial charge in [0.2, 0.25) is 10.0 Å². The zero-order chi connectivity index (χ0) is 16.4. The van der Waals surface area contributed by atoms with Gasteiger partial charge in [-0.25, -0.2) is 22.9 Å². The summed E-state index contributed by atoms with van der Waals surface area (Å²) in [6, 6.07) is 4.44. The number of nitrogens with one attached hydrogen (secondary N) is 4. The van der Waals surface area contributed by atoms with Crippen LogP contribution in [0.4, 0.5) is 5.13 Å². The van der Waals surface area contributed by atoms with Gasteiger partial charge in [-0.3, -0.25) is 0 Å². The van der Waals surface area contributed by atoms with Crippen LogP contribution in [-0.2, 0) is 16.4 Å². The molecule has 3 aromatic rings. The lowest BCUT2D eigenvalue weighted by molar-refractivity contribution is 0.581. The van der Waals surface area contributed by atoms with Crippen LogP contribution in [-0.4, -0.2) is 37.0 Å². The van der Waals surface area contributed by atoms with Gasteiger partial charge in [0.25, 0.3) is 0 Å². The number of aromatic amines is 2. The highest BCUT2D eigenvalue weighted by Crippen LogP contribution is 2.16. The van der Waals surface area contributed by atoms with Gasteiger partial charge in [0.15, 0.2) is 5.13 Å². The largest absolute Gasteiger partial charge is 0.365 e. The number of H-pyrrole nitrogens is 2. The molecule has 0 radical (unpaired) electrons. The Morgan fingerprint density at radius 3 is 2.78 bits per heavy atom. The molecule has 0 fully saturated rings. The van der Waals surface area contributed by atoms with Crippen molar-refractivity contribution in [3.05, 3.63) is 39.8 Å². The van der Waals surface area contributed by atoms with Gasteiger partial charge in [-0.05, 0) is 18.2 Å². The van der Waals surface area contributed by atoms with Crippen molar-refractivity contribution in [1.29, 1.82) is 0 Å². The van der Waals surface area contributed by atoms with Gasteiger partial charge < -0.3 is 15.3 Å². The minimum atomic E-state index is -3.64. The van der Waals surface area contributed by atoms with Crippen LogP contribution < -0.4 is 15.7 Å². The maximum absolute atomic E-state index is 12.3. The van der Waals surface area contributed by atoms with Crippen molar-refractivity contribution < 1.29 is 8.42 Å². The minimum absolute atomic E-state index is 0.106. The van der Waals surface area contributed by atoms with Crippen LogP contribution in [0.25, 0.3) is 11.0 Å². The van der Waals surface area contributed by atoms with Crippen LogP contribution in [0.15, 0.2) is 33.3 Å². The molecule has 8 nitrogen and oxygen atoms in total. The van der Waals surface area contributed by atoms with Gasteiger partial charge in [0.1, 0.15) is 0 Å². The van der Waals surface area contributed by atoms with Crippen molar-refractivity contribution in [3.8, 4) is 0 Å². The van der Waals surface area contributed by atoms with Gasteiger partial charge in [-0.2, -0.15) is 0 Å². The van der Waals surface area contributed by atoms with Crippen molar-refractivity contribution in [2.24, 2.45) is 0 Å². The lowest BCUT2D eigenvalue weighted by Gasteiger charge is -2.06. The molecule has 0 spiro atoms. The van der Waals surface area contributed by atoms with Crippen molar-refractivity contribution in [3.63, 3.8) is 0 Å². The average molecular weight is 353 g/mol. The summed E-state index contributed by atoms with van der Waals surface area (Å²) < 4.78 is 27.1. The first kappa shape index (κ1) is 15.7. The molecular formula is C13H15N5O3S2. The molecule has 2 heterocycles. The Bertz CT molecular complexity index is 986. The van der Waals surface area contributed by atoms with Crippen molar-refractivity contribution >= 4 is 37.5 Å². The maximum Gasteiger partial charge on any atom is 0.323 e. The number of hydrogen-bond donors (Lipinski definition) is 4. The van der Waals surface area contributed by atoms with E-state index < -0.39 is 10.0 Å². The molecule has 0 aliphatic carbocycles. The van der Waals surface area contributed by atoms with Crippen molar-refractivity contribution in [2.75, 3.05) is 18.9 Å². The smallest absolute Gasteiger partial charge is 0.323 e. The van der Waals surface area contributed by atoms with Crippen LogP contribution in [0.2, 0.25) is 0 Å². The molecule has 0 atom stereocenters. The molecule has 0 aliphatic rings. The molecule has 1 aromatic carbocycles. The summed E-state index contributed by atoms with van der Waals surface area (Å²) >= 11 is 1.47. The van der Waals surface area contributed by atoms with Crippen molar-refractivity contribution in [2.45, 2.75) is 11.3 Å². The summed E-state index contributed by atoms with van der Waals surface area (Å²) in [7, 11) is -1.85. The van der Waals surface area contributed by atoms with E-state index in [1.54, 1.807) is 13.1 Å². The van der Waals surface area contributed by atoms with E-state index in [0.29, 0.717) is 17.5 Å². The zero-order valence-corrected chi connectivity index (χ0v) is 13.8. The number of aromatic nitrogens is 3. The first-order valence-electron chi connectivity index (χ1n) is 6.82. The molecule has 10 heteroatoms. The van der Waals surface area contributed by atoms with Crippen LogP contribution >= 0.6 is 11.3 Å². The highest BCUT2D eigenvalue weighted by Gasteiger charge is 2.15. The lowest BCUT2D eigenvalue weighted by atomic mass is 10.3. The third-order valence-corrected chi connectivity index (χ3v) is 5.60. The van der Waals surface area contributed by atoms with Crippen LogP contribution in [0, 0.1) is 0 Å². The molecule has 0 amide bonds. The molecule has 4 N–H and O–H groups in total. The van der Waals surface area contributed by atoms with Gasteiger partial charge in [0, 0.05) is 25.4 Å². The Labute approximate surface area is 136 Å². The highest BCUT2D eigenvalue weighted by molar-refractivity contribution is 7.89. The van der Waals surface area contributed by atoms with E-state index in [-0.39, 0.29) is 17.1 Å². The first-order valence-corrected chi connectivity index (χ1v) is 9.18. The molecule has 2 aromatic heterocycles. The van der Waals surface area contributed by atoms with Crippen LogP contribution in [0.3, 0.4) is 0 Å². The molecule has 0 saturated heterocycles. The minimum Gasteiger partial charge on any atom is -0.365 e. The molecule has 0 saturated carbocycles. The van der Waals surface area contributed by atoms with Gasteiger partial charge in [-0.15, -0.1) is 11.3 Å². The molecule has 122 valence electrons. The summed E-state index contributed by atoms with van der Waals surface area (Å²) in [6.45, 7) is 0.247. The molecule has 0 unspecified atom stereocenters.